The molecule has 1 aliphatic rings. The molecule has 1 N–H and O–H groups in total. The Morgan fingerprint density at radius 3 is 2.66 bits per heavy atom. The van der Waals surface area contributed by atoms with Crippen LogP contribution in [-0.4, -0.2) is 59.7 Å². The number of ether oxygens (including phenoxy) is 2. The first-order valence-electron chi connectivity index (χ1n) is 10.8. The summed E-state index contributed by atoms with van der Waals surface area (Å²) in [5.74, 6) is -0.427. The van der Waals surface area contributed by atoms with E-state index in [-0.39, 0.29) is 29.2 Å². The van der Waals surface area contributed by atoms with Crippen LogP contribution in [0.5, 0.6) is 17.5 Å². The number of carbonyl (C=O) groups excluding carboxylic acids is 1. The molecule has 3 aromatic heterocycles. The molecule has 35 heavy (non-hydrogen) atoms. The van der Waals surface area contributed by atoms with Crippen molar-refractivity contribution in [2.45, 2.75) is 38.7 Å². The highest BCUT2D eigenvalue weighted by Crippen LogP contribution is 2.32. The van der Waals surface area contributed by atoms with Gasteiger partial charge in [0.25, 0.3) is 18.2 Å². The third-order valence-corrected chi connectivity index (χ3v) is 7.03. The Labute approximate surface area is 201 Å². The standard InChI is InChI=1S/C22H24F3N5O4S/c1-12-8-14-17(28-20(12)34-21-15(33-11-16(24)25)9-13(23)10-26-21)30(3)18(27-14)19(31)29-22(2)4-6-35(32)7-5-22/h8-10,16H,4-7,11H2,1-3H3,(H,29,31). The number of nitrogens with one attached hydrogen (secondary N) is 1. The van der Waals surface area contributed by atoms with E-state index in [0.717, 1.165) is 12.3 Å². The van der Waals surface area contributed by atoms with Crippen molar-refractivity contribution in [2.75, 3.05) is 18.1 Å². The Kier molecular flexibility index (Phi) is 6.97. The normalized spacial score (nSPS) is 20.3. The first kappa shape index (κ1) is 24.9. The second-order valence-electron chi connectivity index (χ2n) is 8.57. The molecule has 1 saturated heterocycles. The third-order valence-electron chi connectivity index (χ3n) is 5.71. The van der Waals surface area contributed by atoms with Crippen LogP contribution in [0.25, 0.3) is 11.2 Å². The highest BCUT2D eigenvalue weighted by Gasteiger charge is 2.32. The van der Waals surface area contributed by atoms with E-state index in [0.29, 0.717) is 41.1 Å². The van der Waals surface area contributed by atoms with Gasteiger partial charge in [-0.15, -0.1) is 0 Å². The largest absolute Gasteiger partial charge is 0.482 e. The number of hydrogen-bond acceptors (Lipinski definition) is 7. The van der Waals surface area contributed by atoms with Crippen molar-refractivity contribution in [3.05, 3.63) is 35.5 Å². The summed E-state index contributed by atoms with van der Waals surface area (Å²) < 4.78 is 62.5. The van der Waals surface area contributed by atoms with Crippen LogP contribution in [0.1, 0.15) is 35.9 Å². The van der Waals surface area contributed by atoms with Crippen molar-refractivity contribution in [2.24, 2.45) is 7.05 Å². The van der Waals surface area contributed by atoms with Crippen molar-refractivity contribution in [1.82, 2.24) is 24.8 Å². The molecule has 1 aliphatic heterocycles. The van der Waals surface area contributed by atoms with Gasteiger partial charge in [-0.25, -0.2) is 23.1 Å². The van der Waals surface area contributed by atoms with Crippen LogP contribution in [0, 0.1) is 12.7 Å². The number of aromatic nitrogens is 4. The van der Waals surface area contributed by atoms with Gasteiger partial charge >= 0.3 is 0 Å². The molecular weight excluding hydrogens is 487 g/mol. The van der Waals surface area contributed by atoms with Crippen molar-refractivity contribution in [3.63, 3.8) is 0 Å². The zero-order valence-electron chi connectivity index (χ0n) is 19.3. The lowest BCUT2D eigenvalue weighted by Crippen LogP contribution is -2.50. The van der Waals surface area contributed by atoms with Crippen LogP contribution in [0.15, 0.2) is 18.3 Å². The maximum Gasteiger partial charge on any atom is 0.287 e. The monoisotopic (exact) mass is 511 g/mol. The molecule has 0 aliphatic carbocycles. The molecule has 1 amide bonds. The van der Waals surface area contributed by atoms with Gasteiger partial charge in [0.2, 0.25) is 11.7 Å². The molecule has 188 valence electrons. The fourth-order valence-corrected chi connectivity index (χ4v) is 5.25. The average Bonchev–Trinajstić information content (AvgIpc) is 3.11. The van der Waals surface area contributed by atoms with Gasteiger partial charge < -0.3 is 19.4 Å². The molecular formula is C22H24F3N5O4S. The number of fused-ring (bicyclic) bond motifs is 1. The molecule has 4 heterocycles. The Bertz CT molecular complexity index is 1290. The lowest BCUT2D eigenvalue weighted by atomic mass is 9.95. The van der Waals surface area contributed by atoms with E-state index in [2.05, 4.69) is 20.3 Å². The van der Waals surface area contributed by atoms with Gasteiger partial charge in [0.15, 0.2) is 11.4 Å². The van der Waals surface area contributed by atoms with Crippen LogP contribution >= 0.6 is 0 Å². The van der Waals surface area contributed by atoms with Crippen LogP contribution in [-0.2, 0) is 17.8 Å². The number of amides is 1. The zero-order valence-corrected chi connectivity index (χ0v) is 20.1. The summed E-state index contributed by atoms with van der Waals surface area (Å²) in [5, 5.41) is 3.00. The fraction of sp³-hybridized carbons (Fsp3) is 0.455. The minimum atomic E-state index is -2.76. The van der Waals surface area contributed by atoms with Gasteiger partial charge in [0, 0.05) is 46.5 Å². The van der Waals surface area contributed by atoms with E-state index >= 15 is 0 Å². The Hall–Kier alpha value is -3.22. The lowest BCUT2D eigenvalue weighted by Gasteiger charge is -2.33. The smallest absolute Gasteiger partial charge is 0.287 e. The molecule has 4 rings (SSSR count). The Balaban J connectivity index is 1.61. The number of hydrogen-bond donors (Lipinski definition) is 1. The van der Waals surface area contributed by atoms with Gasteiger partial charge in [-0.2, -0.15) is 4.98 Å². The molecule has 0 saturated carbocycles. The molecule has 0 atom stereocenters. The molecule has 0 unspecified atom stereocenters. The van der Waals surface area contributed by atoms with Crippen molar-refractivity contribution in [1.29, 1.82) is 0 Å². The van der Waals surface area contributed by atoms with E-state index in [1.165, 1.54) is 4.57 Å². The molecule has 1 fully saturated rings. The number of nitrogens with zero attached hydrogens (tertiary/aromatic N) is 4. The minimum Gasteiger partial charge on any atom is -0.482 e. The van der Waals surface area contributed by atoms with Crippen molar-refractivity contribution in [3.8, 4) is 17.5 Å². The maximum absolute atomic E-state index is 13.6. The van der Waals surface area contributed by atoms with Crippen molar-refractivity contribution < 1.29 is 31.6 Å². The minimum absolute atomic E-state index is 0.0650. The number of halogens is 3. The summed E-state index contributed by atoms with van der Waals surface area (Å²) in [6.45, 7) is 2.65. The molecule has 0 bridgehead atoms. The number of rotatable bonds is 7. The highest BCUT2D eigenvalue weighted by molar-refractivity contribution is 7.85. The highest BCUT2D eigenvalue weighted by atomic mass is 32.2. The van der Waals surface area contributed by atoms with Gasteiger partial charge in [-0.3, -0.25) is 9.00 Å². The summed E-state index contributed by atoms with van der Waals surface area (Å²) >= 11 is 0. The number of alkyl halides is 2. The van der Waals surface area contributed by atoms with Crippen LogP contribution in [0.4, 0.5) is 13.2 Å². The zero-order chi connectivity index (χ0) is 25.3. The lowest BCUT2D eigenvalue weighted by molar-refractivity contribution is 0.0801. The van der Waals surface area contributed by atoms with Crippen molar-refractivity contribution >= 4 is 27.9 Å². The van der Waals surface area contributed by atoms with E-state index in [4.69, 9.17) is 9.47 Å². The predicted molar refractivity (Wildman–Crippen MR) is 122 cm³/mol. The summed E-state index contributed by atoms with van der Waals surface area (Å²) in [7, 11) is 0.767. The molecule has 9 nitrogen and oxygen atoms in total. The van der Waals surface area contributed by atoms with E-state index in [9.17, 15) is 22.2 Å². The van der Waals surface area contributed by atoms with Crippen LogP contribution < -0.4 is 14.8 Å². The summed E-state index contributed by atoms with van der Waals surface area (Å²) in [5.41, 5.74) is 0.820. The summed E-state index contributed by atoms with van der Waals surface area (Å²) in [6, 6.07) is 2.55. The molecule has 3 aromatic rings. The Morgan fingerprint density at radius 2 is 1.97 bits per heavy atom. The first-order valence-corrected chi connectivity index (χ1v) is 12.3. The van der Waals surface area contributed by atoms with E-state index in [1.54, 1.807) is 20.0 Å². The van der Waals surface area contributed by atoms with Gasteiger partial charge in [-0.1, -0.05) is 0 Å². The van der Waals surface area contributed by atoms with E-state index in [1.807, 2.05) is 6.92 Å². The van der Waals surface area contributed by atoms with Crippen LogP contribution in [0.2, 0.25) is 0 Å². The fourth-order valence-electron chi connectivity index (χ4n) is 3.69. The molecule has 13 heteroatoms. The van der Waals surface area contributed by atoms with Crippen LogP contribution in [0.3, 0.4) is 0 Å². The summed E-state index contributed by atoms with van der Waals surface area (Å²) in [4.78, 5) is 25.6. The maximum atomic E-state index is 13.6. The number of carbonyl (C=O) groups is 1. The van der Waals surface area contributed by atoms with Gasteiger partial charge in [-0.05, 0) is 32.8 Å². The quantitative estimate of drug-likeness (QED) is 0.519. The first-order chi connectivity index (χ1) is 16.5. The SMILES string of the molecule is Cc1cc2nc(C(=O)NC3(C)CCS(=O)CC3)n(C)c2nc1Oc1ncc(F)cc1OCC(F)F. The number of aryl methyl sites for hydroxylation is 2. The molecule has 0 aromatic carbocycles. The predicted octanol–water partition coefficient (Wildman–Crippen LogP) is 3.28. The topological polar surface area (TPSA) is 108 Å². The number of imidazole rings is 1. The van der Waals surface area contributed by atoms with Gasteiger partial charge in [0.1, 0.15) is 17.9 Å². The van der Waals surface area contributed by atoms with E-state index < -0.39 is 35.2 Å². The summed E-state index contributed by atoms with van der Waals surface area (Å²) in [6.07, 6.45) is -0.692. The molecule has 0 spiro atoms. The third kappa shape index (κ3) is 5.55. The second kappa shape index (κ2) is 9.80. The average molecular weight is 512 g/mol. The second-order valence-corrected chi connectivity index (χ2v) is 10.3. The van der Waals surface area contributed by atoms with Gasteiger partial charge in [0.05, 0.1) is 6.20 Å². The Morgan fingerprint density at radius 1 is 1.26 bits per heavy atom. The number of pyridine rings is 2. The molecule has 0 radical (unpaired) electrons.